The molecule has 10 heteroatoms. The first kappa shape index (κ1) is 31.1. The van der Waals surface area contributed by atoms with Gasteiger partial charge in [0.05, 0.1) is 19.2 Å². The molecule has 0 bridgehead atoms. The van der Waals surface area contributed by atoms with Gasteiger partial charge in [-0.1, -0.05) is 37.6 Å². The molecule has 4 aromatic rings. The fourth-order valence-corrected chi connectivity index (χ4v) is 5.51. The number of benzene rings is 2. The number of para-hydroxylation sites is 1. The number of aliphatic hydroxyl groups excluding tert-OH is 1. The maximum absolute atomic E-state index is 11.7. The molecule has 1 aliphatic rings. The van der Waals surface area contributed by atoms with Crippen LogP contribution in [0.15, 0.2) is 42.5 Å². The number of rotatable bonds is 10. The van der Waals surface area contributed by atoms with Crippen molar-refractivity contribution < 1.29 is 14.6 Å². The summed E-state index contributed by atoms with van der Waals surface area (Å²) >= 11 is 0. The van der Waals surface area contributed by atoms with Crippen molar-refractivity contribution in [1.82, 2.24) is 24.8 Å². The van der Waals surface area contributed by atoms with E-state index in [1.165, 1.54) is 5.56 Å². The third-order valence-corrected chi connectivity index (χ3v) is 7.65. The fraction of sp³-hybridized carbons (Fsp3) is 0.469. The van der Waals surface area contributed by atoms with E-state index in [0.29, 0.717) is 12.6 Å². The topological polar surface area (TPSA) is 131 Å². The number of fused-ring (bicyclic) bond motifs is 3. The first-order chi connectivity index (χ1) is 20.4. The molecule has 0 aliphatic carbocycles. The van der Waals surface area contributed by atoms with E-state index in [0.717, 1.165) is 90.9 Å². The zero-order valence-corrected chi connectivity index (χ0v) is 25.3. The minimum atomic E-state index is 0.162. The van der Waals surface area contributed by atoms with Crippen LogP contribution >= 0.6 is 0 Å². The lowest BCUT2D eigenvalue weighted by molar-refractivity contribution is -0.129. The standard InChI is InChI=1S/C30H39N7O2.C2H6O/c1-4-5-14-32-29-28-27(34-30(31)35-29)24-8-6-7-9-25(24)37(28)19-22-17-21(10-11-26(22)39-3)18-33-23-12-15-36(16-13-23)20(2)38;1-2-3/h6-11,17,23,33H,4-5,12-16,18-19H2,1-3H3,(H3,31,32,34,35);3H,2H2,1H3. The third kappa shape index (κ3) is 7.30. The van der Waals surface area contributed by atoms with Gasteiger partial charge < -0.3 is 35.7 Å². The van der Waals surface area contributed by atoms with Crippen LogP contribution in [0.4, 0.5) is 11.8 Å². The SMILES string of the molecule is CCCCNc1nc(N)nc2c3ccccc3n(Cc3cc(CNC4CCN(C(C)=O)CC4)ccc3OC)c12.CCO. The lowest BCUT2D eigenvalue weighted by atomic mass is 10.0. The molecule has 1 aliphatic heterocycles. The van der Waals surface area contributed by atoms with Crippen molar-refractivity contribution in [2.45, 2.75) is 65.6 Å². The highest BCUT2D eigenvalue weighted by atomic mass is 16.5. The Morgan fingerprint density at radius 1 is 1.14 bits per heavy atom. The highest BCUT2D eigenvalue weighted by molar-refractivity contribution is 6.09. The summed E-state index contributed by atoms with van der Waals surface area (Å²) in [7, 11) is 1.72. The Kier molecular flexibility index (Phi) is 11.0. The Hall–Kier alpha value is -3.89. The number of hydrogen-bond acceptors (Lipinski definition) is 8. The molecule has 5 rings (SSSR count). The summed E-state index contributed by atoms with van der Waals surface area (Å²) in [5.74, 6) is 2.03. The van der Waals surface area contributed by atoms with Crippen LogP contribution in [0.3, 0.4) is 0 Å². The van der Waals surface area contributed by atoms with E-state index < -0.39 is 0 Å². The predicted molar refractivity (Wildman–Crippen MR) is 170 cm³/mol. The van der Waals surface area contributed by atoms with Gasteiger partial charge in [-0.05, 0) is 49.9 Å². The van der Waals surface area contributed by atoms with E-state index in [1.807, 2.05) is 23.1 Å². The number of nitrogen functional groups attached to an aromatic ring is 1. The average Bonchev–Trinajstić information content (AvgIpc) is 3.30. The van der Waals surface area contributed by atoms with Crippen LogP contribution in [0, 0.1) is 0 Å². The molecule has 0 spiro atoms. The Balaban J connectivity index is 0.00000129. The molecule has 2 aromatic carbocycles. The zero-order valence-electron chi connectivity index (χ0n) is 25.3. The van der Waals surface area contributed by atoms with Crippen LogP contribution in [-0.2, 0) is 17.9 Å². The molecule has 226 valence electrons. The van der Waals surface area contributed by atoms with Gasteiger partial charge in [0.25, 0.3) is 0 Å². The Labute approximate surface area is 248 Å². The van der Waals surface area contributed by atoms with Gasteiger partial charge in [0.2, 0.25) is 11.9 Å². The second-order valence-electron chi connectivity index (χ2n) is 10.6. The molecular weight excluding hydrogens is 530 g/mol. The van der Waals surface area contributed by atoms with Gasteiger partial charge in [0, 0.05) is 56.7 Å². The molecule has 1 amide bonds. The molecule has 0 saturated carbocycles. The van der Waals surface area contributed by atoms with Crippen LogP contribution in [-0.4, -0.2) is 69.8 Å². The van der Waals surface area contributed by atoms with E-state index in [1.54, 1.807) is 21.0 Å². The monoisotopic (exact) mass is 575 g/mol. The summed E-state index contributed by atoms with van der Waals surface area (Å²) in [5.41, 5.74) is 11.3. The van der Waals surface area contributed by atoms with Crippen LogP contribution < -0.4 is 21.1 Å². The summed E-state index contributed by atoms with van der Waals surface area (Å²) in [6.07, 6.45) is 4.08. The molecule has 0 unspecified atom stereocenters. The van der Waals surface area contributed by atoms with Crippen molar-refractivity contribution in [3.63, 3.8) is 0 Å². The van der Waals surface area contributed by atoms with Crippen molar-refractivity contribution in [2.24, 2.45) is 0 Å². The van der Waals surface area contributed by atoms with E-state index in [4.69, 9.17) is 15.6 Å². The van der Waals surface area contributed by atoms with E-state index in [9.17, 15) is 4.79 Å². The number of aromatic nitrogens is 3. The number of aliphatic hydroxyl groups is 1. The summed E-state index contributed by atoms with van der Waals surface area (Å²) in [6, 6.07) is 15.1. The first-order valence-corrected chi connectivity index (χ1v) is 14.9. The van der Waals surface area contributed by atoms with Crippen LogP contribution in [0.25, 0.3) is 21.9 Å². The van der Waals surface area contributed by atoms with Crippen molar-refractivity contribution in [2.75, 3.05) is 44.4 Å². The third-order valence-electron chi connectivity index (χ3n) is 7.65. The van der Waals surface area contributed by atoms with Gasteiger partial charge >= 0.3 is 0 Å². The Bertz CT molecular complexity index is 1480. The number of piperidine rings is 1. The van der Waals surface area contributed by atoms with Gasteiger partial charge in [-0.25, -0.2) is 4.98 Å². The molecule has 1 fully saturated rings. The largest absolute Gasteiger partial charge is 0.496 e. The number of likely N-dealkylation sites (tertiary alicyclic amines) is 1. The number of nitrogens with one attached hydrogen (secondary N) is 2. The second kappa shape index (κ2) is 14.8. The van der Waals surface area contributed by atoms with Crippen molar-refractivity contribution >= 4 is 39.6 Å². The number of nitrogens with two attached hydrogens (primary N) is 1. The number of hydrogen-bond donors (Lipinski definition) is 4. The van der Waals surface area contributed by atoms with Gasteiger partial charge in [0.15, 0.2) is 5.82 Å². The molecule has 0 radical (unpaired) electrons. The van der Waals surface area contributed by atoms with Crippen LogP contribution in [0.1, 0.15) is 57.6 Å². The highest BCUT2D eigenvalue weighted by Crippen LogP contribution is 2.34. The second-order valence-corrected chi connectivity index (χ2v) is 10.6. The zero-order chi connectivity index (χ0) is 30.1. The van der Waals surface area contributed by atoms with Crippen molar-refractivity contribution in [3.8, 4) is 5.75 Å². The van der Waals surface area contributed by atoms with E-state index >= 15 is 0 Å². The lowest BCUT2D eigenvalue weighted by Gasteiger charge is -2.31. The number of unbranched alkanes of at least 4 members (excludes halogenated alkanes) is 1. The smallest absolute Gasteiger partial charge is 0.222 e. The molecule has 5 N–H and O–H groups in total. The fourth-order valence-electron chi connectivity index (χ4n) is 5.51. The van der Waals surface area contributed by atoms with Crippen molar-refractivity contribution in [3.05, 3.63) is 53.6 Å². The average molecular weight is 576 g/mol. The predicted octanol–water partition coefficient (Wildman–Crippen LogP) is 4.53. The number of nitrogens with zero attached hydrogens (tertiary/aromatic N) is 4. The summed E-state index contributed by atoms with van der Waals surface area (Å²) in [5, 5.41) is 15.8. The highest BCUT2D eigenvalue weighted by Gasteiger charge is 2.21. The van der Waals surface area contributed by atoms with Crippen molar-refractivity contribution in [1.29, 1.82) is 0 Å². The molecule has 1 saturated heterocycles. The number of methoxy groups -OCH3 is 1. The molecular formula is C32H45N7O3. The molecule has 10 nitrogen and oxygen atoms in total. The van der Waals surface area contributed by atoms with Crippen LogP contribution in [0.2, 0.25) is 0 Å². The molecule has 0 atom stereocenters. The number of amides is 1. The maximum Gasteiger partial charge on any atom is 0.222 e. The Morgan fingerprint density at radius 2 is 1.88 bits per heavy atom. The number of carbonyl (C=O) groups is 1. The summed E-state index contributed by atoms with van der Waals surface area (Å²) in [4.78, 5) is 22.8. The van der Waals surface area contributed by atoms with Crippen LogP contribution in [0.5, 0.6) is 5.75 Å². The van der Waals surface area contributed by atoms with Gasteiger partial charge in [0.1, 0.15) is 16.8 Å². The van der Waals surface area contributed by atoms with Gasteiger partial charge in [-0.2, -0.15) is 4.98 Å². The molecule has 3 heterocycles. The molecule has 42 heavy (non-hydrogen) atoms. The van der Waals surface area contributed by atoms with Gasteiger partial charge in [-0.15, -0.1) is 0 Å². The lowest BCUT2D eigenvalue weighted by Crippen LogP contribution is -2.43. The first-order valence-electron chi connectivity index (χ1n) is 14.9. The number of ether oxygens (including phenoxy) is 1. The molecule has 2 aromatic heterocycles. The van der Waals surface area contributed by atoms with Gasteiger partial charge in [-0.3, -0.25) is 4.79 Å². The minimum Gasteiger partial charge on any atom is -0.496 e. The maximum atomic E-state index is 11.7. The quantitative estimate of drug-likeness (QED) is 0.203. The number of anilines is 2. The minimum absolute atomic E-state index is 0.162. The number of carbonyl (C=O) groups excluding carboxylic acids is 1. The normalized spacial score (nSPS) is 13.7. The Morgan fingerprint density at radius 3 is 2.57 bits per heavy atom. The van der Waals surface area contributed by atoms with E-state index in [-0.39, 0.29) is 18.5 Å². The summed E-state index contributed by atoms with van der Waals surface area (Å²) in [6.45, 7) is 9.57. The van der Waals surface area contributed by atoms with E-state index in [2.05, 4.69) is 56.4 Å². The summed E-state index contributed by atoms with van der Waals surface area (Å²) < 4.78 is 8.06.